The van der Waals surface area contributed by atoms with Crippen molar-refractivity contribution >= 4 is 27.5 Å². The monoisotopic (exact) mass is 344 g/mol. The molecule has 0 unspecified atom stereocenters. The number of nitrogens with zero attached hydrogens (tertiary/aromatic N) is 2. The van der Waals surface area contributed by atoms with Crippen molar-refractivity contribution in [3.63, 3.8) is 0 Å². The first kappa shape index (κ1) is 16.0. The molecule has 0 radical (unpaired) electrons. The minimum atomic E-state index is 0.390. The van der Waals surface area contributed by atoms with Crippen molar-refractivity contribution < 1.29 is 9.69 Å². The maximum absolute atomic E-state index is 12.4. The van der Waals surface area contributed by atoms with Gasteiger partial charge in [0.2, 0.25) is 5.91 Å². The van der Waals surface area contributed by atoms with E-state index in [0.717, 1.165) is 44.7 Å². The van der Waals surface area contributed by atoms with Gasteiger partial charge in [-0.05, 0) is 30.9 Å². The maximum atomic E-state index is 12.4. The van der Waals surface area contributed by atoms with Gasteiger partial charge in [0.15, 0.2) is 0 Å². The Bertz CT molecular complexity index is 666. The lowest BCUT2D eigenvalue weighted by Crippen LogP contribution is -3.13. The van der Waals surface area contributed by atoms with Gasteiger partial charge in [0.25, 0.3) is 0 Å². The van der Waals surface area contributed by atoms with Crippen molar-refractivity contribution in [3.05, 3.63) is 29.3 Å². The van der Waals surface area contributed by atoms with Gasteiger partial charge in [0, 0.05) is 6.42 Å². The number of carbonyl (C=O) groups excluding carboxylic acids is 1. The van der Waals surface area contributed by atoms with Crippen LogP contribution in [0.2, 0.25) is 0 Å². The van der Waals surface area contributed by atoms with Gasteiger partial charge in [-0.2, -0.15) is 0 Å². The van der Waals surface area contributed by atoms with Gasteiger partial charge in [0.05, 0.1) is 36.4 Å². The molecule has 1 N–H and O–H groups in total. The zero-order valence-electron chi connectivity index (χ0n) is 14.2. The Balaban J connectivity index is 1.28. The van der Waals surface area contributed by atoms with Gasteiger partial charge in [0.1, 0.15) is 11.6 Å². The topological polar surface area (TPSA) is 37.6 Å². The van der Waals surface area contributed by atoms with Gasteiger partial charge in [-0.15, -0.1) is 11.3 Å². The molecule has 1 aliphatic carbocycles. The van der Waals surface area contributed by atoms with Crippen LogP contribution in [0, 0.1) is 5.92 Å². The van der Waals surface area contributed by atoms with E-state index in [0.29, 0.717) is 11.8 Å². The number of carbonyl (C=O) groups is 1. The smallest absolute Gasteiger partial charge is 0.223 e. The average molecular weight is 345 g/mol. The highest BCUT2D eigenvalue weighted by molar-refractivity contribution is 7.18. The molecule has 1 saturated heterocycles. The van der Waals surface area contributed by atoms with Crippen LogP contribution in [-0.4, -0.2) is 42.0 Å². The molecule has 0 atom stereocenters. The first-order valence-corrected chi connectivity index (χ1v) is 10.1. The Hall–Kier alpha value is -1.46. The summed E-state index contributed by atoms with van der Waals surface area (Å²) in [6.07, 6.45) is 5.94. The van der Waals surface area contributed by atoms with Crippen molar-refractivity contribution in [2.45, 2.75) is 38.6 Å². The molecule has 2 fully saturated rings. The van der Waals surface area contributed by atoms with Gasteiger partial charge < -0.3 is 9.80 Å². The Labute approximate surface area is 147 Å². The zero-order valence-corrected chi connectivity index (χ0v) is 15.0. The number of hydrogen-bond acceptors (Lipinski definition) is 3. The molecule has 4 rings (SSSR count). The largest absolute Gasteiger partial charge is 0.331 e. The first-order valence-electron chi connectivity index (χ1n) is 9.24. The van der Waals surface area contributed by atoms with Crippen LogP contribution in [0.3, 0.4) is 0 Å². The number of aromatic nitrogens is 1. The van der Waals surface area contributed by atoms with Gasteiger partial charge in [-0.25, -0.2) is 4.98 Å². The minimum absolute atomic E-state index is 0.390. The number of para-hydroxylation sites is 1. The third-order valence-corrected chi connectivity index (χ3v) is 6.54. The number of fused-ring (bicyclic) bond motifs is 1. The zero-order chi connectivity index (χ0) is 16.4. The van der Waals surface area contributed by atoms with Crippen LogP contribution in [0.1, 0.15) is 37.1 Å². The molecule has 0 bridgehead atoms. The molecule has 2 aromatic rings. The van der Waals surface area contributed by atoms with Crippen molar-refractivity contribution in [2.24, 2.45) is 5.92 Å². The first-order chi connectivity index (χ1) is 11.8. The van der Waals surface area contributed by atoms with Crippen molar-refractivity contribution in [1.29, 1.82) is 0 Å². The second-order valence-corrected chi connectivity index (χ2v) is 8.35. The fourth-order valence-corrected chi connectivity index (χ4v) is 5.09. The third-order valence-electron chi connectivity index (χ3n) is 5.50. The summed E-state index contributed by atoms with van der Waals surface area (Å²) in [5.41, 5.74) is 1.11. The van der Waals surface area contributed by atoms with E-state index < -0.39 is 0 Å². The number of thiazole rings is 1. The summed E-state index contributed by atoms with van der Waals surface area (Å²) in [7, 11) is 0. The van der Waals surface area contributed by atoms with E-state index in [1.807, 2.05) is 6.07 Å². The van der Waals surface area contributed by atoms with E-state index in [4.69, 9.17) is 4.98 Å². The molecule has 2 heterocycles. The summed E-state index contributed by atoms with van der Waals surface area (Å²) in [5, 5.41) is 1.22. The summed E-state index contributed by atoms with van der Waals surface area (Å²) < 4.78 is 1.28. The molecule has 5 heteroatoms. The standard InChI is InChI=1S/C19H25N3OS/c23-19(13-15-5-1-2-6-15)22-11-9-21(10-12-22)14-18-20-16-7-3-4-8-17(16)24-18/h3-4,7-8,15H,1-2,5-6,9-14H2/p+1. The summed E-state index contributed by atoms with van der Waals surface area (Å²) in [6.45, 7) is 4.90. The second kappa shape index (κ2) is 7.19. The molecule has 1 aliphatic heterocycles. The number of nitrogens with one attached hydrogen (secondary N) is 1. The molecular formula is C19H26N3OS+. The van der Waals surface area contributed by atoms with E-state index in [1.54, 1.807) is 16.2 Å². The molecule has 1 aromatic carbocycles. The SMILES string of the molecule is O=C(CC1CCCC1)N1CC[NH+](Cc2nc3ccccc3s2)CC1. The summed E-state index contributed by atoms with van der Waals surface area (Å²) in [4.78, 5) is 20.8. The third kappa shape index (κ3) is 3.62. The van der Waals surface area contributed by atoms with Gasteiger partial charge in [-0.1, -0.05) is 25.0 Å². The molecule has 0 spiro atoms. The Morgan fingerprint density at radius 2 is 1.96 bits per heavy atom. The summed E-state index contributed by atoms with van der Waals surface area (Å²) in [5.74, 6) is 1.05. The lowest BCUT2D eigenvalue weighted by atomic mass is 10.0. The van der Waals surface area contributed by atoms with Crippen LogP contribution in [0.4, 0.5) is 0 Å². The molecule has 4 nitrogen and oxygen atoms in total. The Morgan fingerprint density at radius 1 is 1.21 bits per heavy atom. The molecule has 1 amide bonds. The van der Waals surface area contributed by atoms with Crippen LogP contribution in [0.5, 0.6) is 0 Å². The highest BCUT2D eigenvalue weighted by Crippen LogP contribution is 2.28. The second-order valence-electron chi connectivity index (χ2n) is 7.24. The van der Waals surface area contributed by atoms with Crippen LogP contribution < -0.4 is 4.90 Å². The molecule has 1 saturated carbocycles. The maximum Gasteiger partial charge on any atom is 0.223 e. The fourth-order valence-electron chi connectivity index (χ4n) is 4.05. The van der Waals surface area contributed by atoms with Crippen LogP contribution in [0.15, 0.2) is 24.3 Å². The number of amides is 1. The fraction of sp³-hybridized carbons (Fsp3) is 0.579. The van der Waals surface area contributed by atoms with E-state index in [-0.39, 0.29) is 0 Å². The summed E-state index contributed by atoms with van der Waals surface area (Å²) >= 11 is 1.81. The van der Waals surface area contributed by atoms with E-state index >= 15 is 0 Å². The molecule has 128 valence electrons. The summed E-state index contributed by atoms with van der Waals surface area (Å²) in [6, 6.07) is 8.36. The Kier molecular flexibility index (Phi) is 4.81. The number of quaternary nitrogens is 1. The van der Waals surface area contributed by atoms with Crippen LogP contribution in [-0.2, 0) is 11.3 Å². The minimum Gasteiger partial charge on any atom is -0.331 e. The number of rotatable bonds is 4. The highest BCUT2D eigenvalue weighted by Gasteiger charge is 2.27. The van der Waals surface area contributed by atoms with Crippen molar-refractivity contribution in [1.82, 2.24) is 9.88 Å². The normalized spacial score (nSPS) is 20.1. The van der Waals surface area contributed by atoms with Crippen molar-refractivity contribution in [3.8, 4) is 0 Å². The highest BCUT2D eigenvalue weighted by atomic mass is 32.1. The predicted molar refractivity (Wildman–Crippen MR) is 97.2 cm³/mol. The van der Waals surface area contributed by atoms with Crippen molar-refractivity contribution in [2.75, 3.05) is 26.2 Å². The van der Waals surface area contributed by atoms with Gasteiger partial charge >= 0.3 is 0 Å². The number of piperazine rings is 1. The van der Waals surface area contributed by atoms with E-state index in [9.17, 15) is 4.79 Å². The quantitative estimate of drug-likeness (QED) is 0.922. The lowest BCUT2D eigenvalue weighted by molar-refractivity contribution is -0.917. The molecular weight excluding hydrogens is 318 g/mol. The van der Waals surface area contributed by atoms with E-state index in [2.05, 4.69) is 23.1 Å². The predicted octanol–water partition coefficient (Wildman–Crippen LogP) is 2.10. The van der Waals surface area contributed by atoms with Crippen LogP contribution >= 0.6 is 11.3 Å². The Morgan fingerprint density at radius 3 is 2.71 bits per heavy atom. The van der Waals surface area contributed by atoms with Gasteiger partial charge in [-0.3, -0.25) is 4.79 Å². The molecule has 24 heavy (non-hydrogen) atoms. The lowest BCUT2D eigenvalue weighted by Gasteiger charge is -2.32. The number of benzene rings is 1. The van der Waals surface area contributed by atoms with Crippen LogP contribution in [0.25, 0.3) is 10.2 Å². The van der Waals surface area contributed by atoms with E-state index in [1.165, 1.54) is 35.4 Å². The number of hydrogen-bond donors (Lipinski definition) is 1. The molecule has 2 aliphatic rings. The molecule has 1 aromatic heterocycles. The average Bonchev–Trinajstić information content (AvgIpc) is 3.24.